The molecule has 35 heavy (non-hydrogen) atoms. The summed E-state index contributed by atoms with van der Waals surface area (Å²) >= 11 is 0. The zero-order valence-corrected chi connectivity index (χ0v) is 19.3. The zero-order valence-electron chi connectivity index (χ0n) is 19.3. The molecule has 0 saturated heterocycles. The quantitative estimate of drug-likeness (QED) is 0.275. The van der Waals surface area contributed by atoms with Crippen LogP contribution >= 0.6 is 0 Å². The monoisotopic (exact) mass is 470 g/mol. The summed E-state index contributed by atoms with van der Waals surface area (Å²) in [6.07, 6.45) is 8.86. The van der Waals surface area contributed by atoms with Crippen LogP contribution in [-0.4, -0.2) is 43.3 Å². The summed E-state index contributed by atoms with van der Waals surface area (Å²) in [6, 6.07) is 11.8. The molecule has 9 heteroatoms. The molecule has 0 fully saturated rings. The summed E-state index contributed by atoms with van der Waals surface area (Å²) < 4.78 is 7.43. The number of aromatic nitrogens is 5. The Morgan fingerprint density at radius 1 is 1.17 bits per heavy atom. The summed E-state index contributed by atoms with van der Waals surface area (Å²) in [6.45, 7) is 0.124. The van der Waals surface area contributed by atoms with Crippen LogP contribution in [0.15, 0.2) is 66.1 Å². The van der Waals surface area contributed by atoms with Gasteiger partial charge in [-0.3, -0.25) is 4.79 Å². The van der Waals surface area contributed by atoms with Crippen LogP contribution in [0.1, 0.15) is 23.1 Å². The Bertz CT molecular complexity index is 1540. The molecular weight excluding hydrogens is 444 g/mol. The van der Waals surface area contributed by atoms with Gasteiger partial charge in [-0.15, -0.1) is 0 Å². The van der Waals surface area contributed by atoms with Gasteiger partial charge in [0.2, 0.25) is 0 Å². The lowest BCUT2D eigenvalue weighted by Gasteiger charge is -2.12. The topological polar surface area (TPSA) is 135 Å². The van der Waals surface area contributed by atoms with Crippen LogP contribution in [0.25, 0.3) is 28.1 Å². The minimum atomic E-state index is -0.302. The van der Waals surface area contributed by atoms with Crippen LogP contribution < -0.4 is 16.0 Å². The number of nitrogen functional groups attached to an aromatic ring is 1. The molecule has 0 atom stereocenters. The maximum Gasteiger partial charge on any atom is 0.261 e. The molecule has 3 aromatic heterocycles. The van der Waals surface area contributed by atoms with Crippen LogP contribution in [0, 0.1) is 0 Å². The van der Waals surface area contributed by atoms with Gasteiger partial charge in [0.25, 0.3) is 5.56 Å². The predicted octanol–water partition coefficient (Wildman–Crippen LogP) is 3.21. The first-order chi connectivity index (χ1) is 17.1. The number of aliphatic hydroxyl groups excluding tert-OH is 1. The number of ether oxygens (including phenoxy) is 1. The van der Waals surface area contributed by atoms with Crippen molar-refractivity contribution in [2.75, 3.05) is 19.5 Å². The van der Waals surface area contributed by atoms with E-state index in [0.717, 1.165) is 45.6 Å². The number of hydrogen-bond donors (Lipinski definition) is 4. The van der Waals surface area contributed by atoms with E-state index in [-0.39, 0.29) is 12.2 Å². The molecular formula is C26H26N6O3. The number of hydrogen-bond acceptors (Lipinski definition) is 6. The van der Waals surface area contributed by atoms with Crippen molar-refractivity contribution < 1.29 is 9.84 Å². The lowest BCUT2D eigenvalue weighted by atomic mass is 9.99. The Morgan fingerprint density at radius 2 is 2.06 bits per heavy atom. The fourth-order valence-electron chi connectivity index (χ4n) is 4.35. The maximum absolute atomic E-state index is 12.5. The van der Waals surface area contributed by atoms with Gasteiger partial charge in [0.15, 0.2) is 0 Å². The summed E-state index contributed by atoms with van der Waals surface area (Å²) in [4.78, 5) is 27.4. The number of fused-ring (bicyclic) bond motifs is 1. The van der Waals surface area contributed by atoms with Crippen LogP contribution in [0.4, 0.5) is 5.69 Å². The van der Waals surface area contributed by atoms with Crippen molar-refractivity contribution in [3.8, 4) is 22.8 Å². The third-order valence-corrected chi connectivity index (χ3v) is 6.03. The van der Waals surface area contributed by atoms with Crippen LogP contribution in [-0.2, 0) is 12.8 Å². The summed E-state index contributed by atoms with van der Waals surface area (Å²) in [5.41, 5.74) is 12.1. The van der Waals surface area contributed by atoms with E-state index in [4.69, 9.17) is 15.5 Å². The van der Waals surface area contributed by atoms with E-state index in [1.165, 1.54) is 6.20 Å². The van der Waals surface area contributed by atoms with Crippen molar-refractivity contribution >= 4 is 16.7 Å². The van der Waals surface area contributed by atoms with Gasteiger partial charge in [-0.25, -0.2) is 9.97 Å². The molecule has 2 aromatic carbocycles. The fourth-order valence-corrected chi connectivity index (χ4v) is 4.35. The molecule has 0 aliphatic heterocycles. The molecule has 0 aliphatic rings. The van der Waals surface area contributed by atoms with Crippen molar-refractivity contribution in [3.05, 3.63) is 88.4 Å². The molecule has 3 heterocycles. The second-order valence-electron chi connectivity index (χ2n) is 8.34. The molecule has 0 spiro atoms. The first kappa shape index (κ1) is 22.4. The standard InChI is InChI=1S/C26H26N6O3/c1-35-22-5-4-16(11-17(22)3-2-10-33)12-18-13-19(32-9-8-28-15-32)14-21-24(18)31-25(30-21)23-20(27)6-7-29-26(23)34/h4-9,11,13-15,33H,2-3,10,12H2,1H3,(H,30,31)(H3,27,29,34). The van der Waals surface area contributed by atoms with E-state index in [1.54, 1.807) is 25.7 Å². The van der Waals surface area contributed by atoms with E-state index in [1.807, 2.05) is 29.0 Å². The van der Waals surface area contributed by atoms with E-state index in [9.17, 15) is 9.90 Å². The van der Waals surface area contributed by atoms with Gasteiger partial charge < -0.3 is 30.1 Å². The van der Waals surface area contributed by atoms with Gasteiger partial charge in [0.05, 0.1) is 24.5 Å². The molecule has 5 N–H and O–H groups in total. The second-order valence-corrected chi connectivity index (χ2v) is 8.34. The molecule has 0 radical (unpaired) electrons. The Hall–Kier alpha value is -4.37. The minimum absolute atomic E-state index is 0.124. The Balaban J connectivity index is 1.64. The van der Waals surface area contributed by atoms with E-state index >= 15 is 0 Å². The molecule has 0 bridgehead atoms. The maximum atomic E-state index is 12.5. The van der Waals surface area contributed by atoms with E-state index < -0.39 is 0 Å². The molecule has 9 nitrogen and oxygen atoms in total. The third kappa shape index (κ3) is 4.41. The first-order valence-corrected chi connectivity index (χ1v) is 11.3. The number of anilines is 1. The van der Waals surface area contributed by atoms with Gasteiger partial charge in [-0.05, 0) is 60.2 Å². The van der Waals surface area contributed by atoms with Gasteiger partial charge in [-0.2, -0.15) is 0 Å². The second kappa shape index (κ2) is 9.47. The molecule has 0 saturated carbocycles. The molecule has 0 unspecified atom stereocenters. The fraction of sp³-hybridized carbons (Fsp3) is 0.192. The zero-order chi connectivity index (χ0) is 24.4. The normalized spacial score (nSPS) is 11.3. The number of methoxy groups -OCH3 is 1. The number of rotatable bonds is 8. The van der Waals surface area contributed by atoms with Crippen molar-refractivity contribution in [1.82, 2.24) is 24.5 Å². The van der Waals surface area contributed by atoms with Crippen molar-refractivity contribution in [3.63, 3.8) is 0 Å². The largest absolute Gasteiger partial charge is 0.496 e. The molecule has 0 amide bonds. The third-order valence-electron chi connectivity index (χ3n) is 6.03. The highest BCUT2D eigenvalue weighted by atomic mass is 16.5. The average Bonchev–Trinajstić information content (AvgIpc) is 3.53. The van der Waals surface area contributed by atoms with Crippen molar-refractivity contribution in [2.45, 2.75) is 19.3 Å². The first-order valence-electron chi connectivity index (χ1n) is 11.3. The summed E-state index contributed by atoms with van der Waals surface area (Å²) in [5, 5.41) is 9.28. The Kier molecular flexibility index (Phi) is 6.07. The number of imidazole rings is 2. The lowest BCUT2D eigenvalue weighted by molar-refractivity contribution is 0.287. The van der Waals surface area contributed by atoms with Gasteiger partial charge in [-0.1, -0.05) is 12.1 Å². The molecule has 0 aliphatic carbocycles. The highest BCUT2D eigenvalue weighted by molar-refractivity contribution is 5.86. The smallest absolute Gasteiger partial charge is 0.261 e. The van der Waals surface area contributed by atoms with E-state index in [2.05, 4.69) is 27.1 Å². The average molecular weight is 471 g/mol. The molecule has 5 rings (SSSR count). The van der Waals surface area contributed by atoms with Gasteiger partial charge in [0.1, 0.15) is 17.1 Å². The number of nitrogens with zero attached hydrogens (tertiary/aromatic N) is 3. The number of benzene rings is 2. The van der Waals surface area contributed by atoms with Crippen LogP contribution in [0.3, 0.4) is 0 Å². The number of aryl methyl sites for hydroxylation is 1. The van der Waals surface area contributed by atoms with Gasteiger partial charge in [0, 0.05) is 36.6 Å². The number of pyridine rings is 1. The number of H-pyrrole nitrogens is 2. The number of aromatic amines is 2. The highest BCUT2D eigenvalue weighted by Crippen LogP contribution is 2.29. The predicted molar refractivity (Wildman–Crippen MR) is 135 cm³/mol. The number of nitrogens with one attached hydrogen (secondary N) is 2. The number of aliphatic hydroxyl groups is 1. The SMILES string of the molecule is COc1ccc(Cc2cc(-n3ccnc3)cc3[nH]c(-c4c(N)cc[nH]c4=O)nc23)cc1CCCO. The van der Waals surface area contributed by atoms with Crippen molar-refractivity contribution in [2.24, 2.45) is 0 Å². The summed E-state index contributed by atoms with van der Waals surface area (Å²) in [7, 11) is 1.65. The van der Waals surface area contributed by atoms with E-state index in [0.29, 0.717) is 29.9 Å². The van der Waals surface area contributed by atoms with Crippen LogP contribution in [0.5, 0.6) is 5.75 Å². The summed E-state index contributed by atoms with van der Waals surface area (Å²) in [5.74, 6) is 1.22. The molecule has 178 valence electrons. The molecule has 5 aromatic rings. The van der Waals surface area contributed by atoms with Crippen molar-refractivity contribution in [1.29, 1.82) is 0 Å². The lowest BCUT2D eigenvalue weighted by Crippen LogP contribution is -2.11. The Labute approximate surface area is 201 Å². The van der Waals surface area contributed by atoms with Gasteiger partial charge >= 0.3 is 0 Å². The number of nitrogens with two attached hydrogens (primary N) is 1. The minimum Gasteiger partial charge on any atom is -0.496 e. The highest BCUT2D eigenvalue weighted by Gasteiger charge is 2.17. The van der Waals surface area contributed by atoms with Crippen LogP contribution in [0.2, 0.25) is 0 Å². The Morgan fingerprint density at radius 3 is 2.80 bits per heavy atom.